The number of methoxy groups -OCH3 is 1. The summed E-state index contributed by atoms with van der Waals surface area (Å²) in [5.41, 5.74) is 1.46. The van der Waals surface area contributed by atoms with E-state index in [4.69, 9.17) is 16.0 Å². The lowest BCUT2D eigenvalue weighted by Gasteiger charge is -2.01. The van der Waals surface area contributed by atoms with Gasteiger partial charge in [0.25, 0.3) is 0 Å². The first-order valence-corrected chi connectivity index (χ1v) is 6.57. The highest BCUT2D eigenvalue weighted by Crippen LogP contribution is 2.42. The van der Waals surface area contributed by atoms with E-state index in [0.29, 0.717) is 34.0 Å². The number of esters is 1. The van der Waals surface area contributed by atoms with E-state index in [0.717, 1.165) is 0 Å². The average Bonchev–Trinajstić information content (AvgIpc) is 3.12. The van der Waals surface area contributed by atoms with Crippen molar-refractivity contribution in [1.29, 1.82) is 0 Å². The van der Waals surface area contributed by atoms with E-state index in [2.05, 4.69) is 9.72 Å². The molecule has 1 aromatic heterocycles. The number of carbonyl (C=O) groups excluding carboxylic acids is 2. The molecular weight excluding hydrogens is 282 g/mol. The van der Waals surface area contributed by atoms with Crippen LogP contribution in [0, 0.1) is 18.8 Å². The third-order valence-corrected chi connectivity index (χ3v) is 3.76. The van der Waals surface area contributed by atoms with E-state index in [9.17, 15) is 9.59 Å². The molecule has 5 nitrogen and oxygen atoms in total. The number of hydrogen-bond acceptors (Lipinski definition) is 5. The van der Waals surface area contributed by atoms with Gasteiger partial charge >= 0.3 is 5.97 Å². The Labute approximate surface area is 119 Å². The van der Waals surface area contributed by atoms with E-state index >= 15 is 0 Å². The number of nitrogens with zero attached hydrogens (tertiary/aromatic N) is 1. The zero-order valence-corrected chi connectivity index (χ0v) is 11.7. The highest BCUT2D eigenvalue weighted by Gasteiger charge is 2.49. The molecule has 0 spiro atoms. The summed E-state index contributed by atoms with van der Waals surface area (Å²) in [6.07, 6.45) is 0.524. The minimum Gasteiger partial charge on any atom is -0.469 e. The number of rotatable bonds is 3. The van der Waals surface area contributed by atoms with Gasteiger partial charge in [0.2, 0.25) is 0 Å². The second kappa shape index (κ2) is 4.59. The summed E-state index contributed by atoms with van der Waals surface area (Å²) in [6, 6.07) is 3.19. The molecular formula is C14H12ClNO4. The Morgan fingerprint density at radius 3 is 2.85 bits per heavy atom. The van der Waals surface area contributed by atoms with Crippen molar-refractivity contribution in [2.45, 2.75) is 13.3 Å². The summed E-state index contributed by atoms with van der Waals surface area (Å²) in [6.45, 7) is 1.71. The number of aromatic nitrogens is 1. The number of hydrogen-bond donors (Lipinski definition) is 0. The van der Waals surface area contributed by atoms with Crippen molar-refractivity contribution in [3.63, 3.8) is 0 Å². The molecule has 0 radical (unpaired) electrons. The molecule has 20 heavy (non-hydrogen) atoms. The molecule has 0 saturated heterocycles. The fourth-order valence-corrected chi connectivity index (χ4v) is 2.61. The molecule has 104 valence electrons. The van der Waals surface area contributed by atoms with Crippen LogP contribution in [0.4, 0.5) is 0 Å². The number of carbonyl (C=O) groups is 2. The molecule has 1 heterocycles. The fraction of sp³-hybridized carbons (Fsp3) is 0.357. The van der Waals surface area contributed by atoms with Crippen LogP contribution in [-0.4, -0.2) is 23.8 Å². The van der Waals surface area contributed by atoms with Crippen LogP contribution in [0.2, 0.25) is 5.02 Å². The summed E-state index contributed by atoms with van der Waals surface area (Å²) < 4.78 is 10.0. The van der Waals surface area contributed by atoms with Gasteiger partial charge in [-0.25, -0.2) is 4.98 Å². The van der Waals surface area contributed by atoms with Gasteiger partial charge < -0.3 is 9.15 Å². The maximum atomic E-state index is 12.3. The zero-order chi connectivity index (χ0) is 14.4. The first kappa shape index (κ1) is 13.1. The fourth-order valence-electron chi connectivity index (χ4n) is 2.35. The SMILES string of the molecule is COC(=O)[C@H]1C[C@@H]1C(=O)c1cc(Cl)c2nc(C)oc2c1. The molecule has 1 saturated carbocycles. The molecule has 1 fully saturated rings. The van der Waals surface area contributed by atoms with E-state index in [1.54, 1.807) is 19.1 Å². The number of ether oxygens (including phenoxy) is 1. The van der Waals surface area contributed by atoms with Crippen molar-refractivity contribution in [3.05, 3.63) is 28.6 Å². The highest BCUT2D eigenvalue weighted by atomic mass is 35.5. The topological polar surface area (TPSA) is 69.4 Å². The number of benzene rings is 1. The summed E-state index contributed by atoms with van der Waals surface area (Å²) in [7, 11) is 1.32. The minimum atomic E-state index is -0.342. The van der Waals surface area contributed by atoms with E-state index < -0.39 is 0 Å². The molecule has 3 rings (SSSR count). The van der Waals surface area contributed by atoms with Crippen molar-refractivity contribution in [2.24, 2.45) is 11.8 Å². The Balaban J connectivity index is 1.91. The summed E-state index contributed by atoms with van der Waals surface area (Å²) in [4.78, 5) is 27.8. The maximum Gasteiger partial charge on any atom is 0.309 e. The number of oxazole rings is 1. The highest BCUT2D eigenvalue weighted by molar-refractivity contribution is 6.35. The van der Waals surface area contributed by atoms with Crippen LogP contribution in [0.3, 0.4) is 0 Å². The van der Waals surface area contributed by atoms with Crippen LogP contribution in [0.25, 0.3) is 11.1 Å². The second-order valence-corrected chi connectivity index (χ2v) is 5.28. The molecule has 0 amide bonds. The minimum absolute atomic E-state index is 0.113. The van der Waals surface area contributed by atoms with Gasteiger partial charge in [0.15, 0.2) is 17.3 Å². The summed E-state index contributed by atoms with van der Waals surface area (Å²) in [5.74, 6) is -0.618. The van der Waals surface area contributed by atoms with Gasteiger partial charge in [-0.1, -0.05) is 11.6 Å². The Hall–Kier alpha value is -1.88. The first-order valence-electron chi connectivity index (χ1n) is 6.20. The second-order valence-electron chi connectivity index (χ2n) is 4.87. The third kappa shape index (κ3) is 2.08. The molecule has 2 atom stereocenters. The Kier molecular flexibility index (Phi) is 3.01. The largest absolute Gasteiger partial charge is 0.469 e. The predicted octanol–water partition coefficient (Wildman–Crippen LogP) is 2.78. The molecule has 0 N–H and O–H groups in total. The number of Topliss-reactive ketones (excluding diaryl/α,β-unsaturated/α-hetero) is 1. The van der Waals surface area contributed by atoms with Gasteiger partial charge in [0.05, 0.1) is 18.1 Å². The first-order chi connectivity index (χ1) is 9.51. The van der Waals surface area contributed by atoms with Crippen LogP contribution in [0.1, 0.15) is 22.7 Å². The predicted molar refractivity (Wildman–Crippen MR) is 71.7 cm³/mol. The number of aryl methyl sites for hydroxylation is 1. The molecule has 2 aromatic rings. The van der Waals surface area contributed by atoms with Gasteiger partial charge in [0.1, 0.15) is 5.52 Å². The van der Waals surface area contributed by atoms with E-state index in [1.807, 2.05) is 0 Å². The molecule has 0 aliphatic heterocycles. The maximum absolute atomic E-state index is 12.3. The Bertz CT molecular complexity index is 721. The Morgan fingerprint density at radius 1 is 1.40 bits per heavy atom. The number of ketones is 1. The number of fused-ring (bicyclic) bond motifs is 1. The molecule has 0 unspecified atom stereocenters. The quantitative estimate of drug-likeness (QED) is 0.643. The zero-order valence-electron chi connectivity index (χ0n) is 11.0. The van der Waals surface area contributed by atoms with Gasteiger partial charge in [-0.05, 0) is 18.6 Å². The molecule has 0 bridgehead atoms. The average molecular weight is 294 g/mol. The molecule has 1 aliphatic carbocycles. The van der Waals surface area contributed by atoms with Crippen LogP contribution in [0.5, 0.6) is 0 Å². The van der Waals surface area contributed by atoms with Gasteiger partial charge in [-0.2, -0.15) is 0 Å². The Morgan fingerprint density at radius 2 is 2.15 bits per heavy atom. The lowest BCUT2D eigenvalue weighted by atomic mass is 10.1. The molecule has 1 aromatic carbocycles. The van der Waals surface area contributed by atoms with Crippen molar-refractivity contribution < 1.29 is 18.7 Å². The normalized spacial score (nSPS) is 20.9. The third-order valence-electron chi connectivity index (χ3n) is 3.47. The monoisotopic (exact) mass is 293 g/mol. The smallest absolute Gasteiger partial charge is 0.309 e. The van der Waals surface area contributed by atoms with Crippen LogP contribution < -0.4 is 0 Å². The van der Waals surface area contributed by atoms with Crippen molar-refractivity contribution in [2.75, 3.05) is 7.11 Å². The van der Waals surface area contributed by atoms with Crippen molar-refractivity contribution in [3.8, 4) is 0 Å². The van der Waals surface area contributed by atoms with Crippen LogP contribution >= 0.6 is 11.6 Å². The van der Waals surface area contributed by atoms with Gasteiger partial charge in [-0.15, -0.1) is 0 Å². The van der Waals surface area contributed by atoms with Crippen LogP contribution in [0.15, 0.2) is 16.5 Å². The standard InChI is InChI=1S/C14H12ClNO4/c1-6-16-12-10(15)3-7(4-11(12)20-6)13(17)8-5-9(8)14(18)19-2/h3-4,8-9H,5H2,1-2H3/t8-,9-/m0/s1. The molecule has 6 heteroatoms. The number of halogens is 1. The molecule has 1 aliphatic rings. The van der Waals surface area contributed by atoms with Gasteiger partial charge in [-0.3, -0.25) is 9.59 Å². The summed E-state index contributed by atoms with van der Waals surface area (Å²) >= 11 is 6.10. The lowest BCUT2D eigenvalue weighted by Crippen LogP contribution is -2.10. The van der Waals surface area contributed by atoms with Crippen molar-refractivity contribution in [1.82, 2.24) is 4.98 Å². The van der Waals surface area contributed by atoms with Crippen molar-refractivity contribution >= 4 is 34.5 Å². The van der Waals surface area contributed by atoms with Gasteiger partial charge in [0, 0.05) is 18.4 Å². The summed E-state index contributed by atoms with van der Waals surface area (Å²) in [5, 5.41) is 0.373. The van der Waals surface area contributed by atoms with E-state index in [-0.39, 0.29) is 23.6 Å². The van der Waals surface area contributed by atoms with E-state index in [1.165, 1.54) is 7.11 Å². The lowest BCUT2D eigenvalue weighted by molar-refractivity contribution is -0.142. The van der Waals surface area contributed by atoms with Crippen LogP contribution in [-0.2, 0) is 9.53 Å².